The minimum absolute atomic E-state index is 0.223. The summed E-state index contributed by atoms with van der Waals surface area (Å²) < 4.78 is 11.1. The molecule has 3 N–H and O–H groups in total. The van der Waals surface area contributed by atoms with Crippen LogP contribution in [0, 0.1) is 17.3 Å². The Morgan fingerprint density at radius 3 is 2.64 bits per heavy atom. The van der Waals surface area contributed by atoms with Gasteiger partial charge < -0.3 is 20.3 Å². The molecule has 174 valence electrons. The van der Waals surface area contributed by atoms with Gasteiger partial charge in [0.2, 0.25) is 5.79 Å². The molecular formula is C27H31NO5. The fourth-order valence-electron chi connectivity index (χ4n) is 6.73. The van der Waals surface area contributed by atoms with Gasteiger partial charge in [0, 0.05) is 11.8 Å². The third-order valence-electron chi connectivity index (χ3n) is 8.44. The first kappa shape index (κ1) is 22.1. The molecule has 2 saturated carbocycles. The van der Waals surface area contributed by atoms with Gasteiger partial charge in [-0.1, -0.05) is 31.2 Å². The fraction of sp³-hybridized carbons (Fsp3) is 0.481. The van der Waals surface area contributed by atoms with E-state index in [0.717, 1.165) is 32.1 Å². The fourth-order valence-corrected chi connectivity index (χ4v) is 6.73. The van der Waals surface area contributed by atoms with Crippen LogP contribution < -0.4 is 10.5 Å². The zero-order valence-electron chi connectivity index (χ0n) is 19.0. The molecule has 0 unspecified atom stereocenters. The van der Waals surface area contributed by atoms with Crippen LogP contribution in [0.5, 0.6) is 5.75 Å². The molecule has 5 rings (SSSR count). The molecule has 3 aliphatic carbocycles. The van der Waals surface area contributed by atoms with Gasteiger partial charge in [0.05, 0.1) is 12.1 Å². The largest absolute Gasteiger partial charge is 0.432 e. The van der Waals surface area contributed by atoms with Gasteiger partial charge in [-0.25, -0.2) is 4.79 Å². The summed E-state index contributed by atoms with van der Waals surface area (Å²) in [6.07, 6.45) is 4.93. The van der Waals surface area contributed by atoms with Crippen molar-refractivity contribution in [2.24, 2.45) is 23.0 Å². The highest BCUT2D eigenvalue weighted by Gasteiger charge is 2.63. The van der Waals surface area contributed by atoms with Crippen LogP contribution in [-0.4, -0.2) is 29.4 Å². The van der Waals surface area contributed by atoms with Crippen molar-refractivity contribution in [3.63, 3.8) is 0 Å². The second-order valence-electron chi connectivity index (χ2n) is 9.99. The number of ether oxygens (including phenoxy) is 2. The number of nitrogens with two attached hydrogens (primary N) is 1. The Labute approximate surface area is 194 Å². The third kappa shape index (κ3) is 3.65. The molecular weight excluding hydrogens is 418 g/mol. The van der Waals surface area contributed by atoms with Crippen LogP contribution in [0.3, 0.4) is 0 Å². The lowest BCUT2D eigenvalue weighted by atomic mass is 9.55. The van der Waals surface area contributed by atoms with Gasteiger partial charge in [0.15, 0.2) is 0 Å². The summed E-state index contributed by atoms with van der Waals surface area (Å²) in [6.45, 7) is 1.85. The van der Waals surface area contributed by atoms with E-state index in [0.29, 0.717) is 29.6 Å². The summed E-state index contributed by atoms with van der Waals surface area (Å²) in [6, 6.07) is 15.0. The van der Waals surface area contributed by atoms with E-state index in [1.54, 1.807) is 12.1 Å². The average molecular weight is 450 g/mol. The lowest BCUT2D eigenvalue weighted by Gasteiger charge is -2.52. The van der Waals surface area contributed by atoms with E-state index in [1.165, 1.54) is 11.1 Å². The van der Waals surface area contributed by atoms with Crippen LogP contribution >= 0.6 is 0 Å². The highest BCUT2D eigenvalue weighted by molar-refractivity contribution is 5.91. The smallest absolute Gasteiger partial charge is 0.343 e. The van der Waals surface area contributed by atoms with E-state index in [4.69, 9.17) is 15.2 Å². The summed E-state index contributed by atoms with van der Waals surface area (Å²) >= 11 is 0. The SMILES string of the molecule is C[C@]12CC[C@@H]3c4ccc(OC(=O)c5ccccc5)cc4CC[C@H]3[C@@H]1CC[C@@]2(O)OC(=O)CN. The molecule has 0 amide bonds. The van der Waals surface area contributed by atoms with Gasteiger partial charge in [-0.2, -0.15) is 0 Å². The molecule has 2 fully saturated rings. The standard InChI is InChI=1S/C27H31NO5/c1-26-13-11-21-20-10-8-19(32-25(30)17-5-3-2-4-6-17)15-18(20)7-9-22(21)23(26)12-14-27(26,31)33-24(29)16-28/h2-6,8,10,15,21-23,31H,7,9,11-14,16,28H2,1H3/t21-,22-,23+,26+,27-/m1/s1. The Morgan fingerprint density at radius 2 is 1.88 bits per heavy atom. The Bertz CT molecular complexity index is 1070. The van der Waals surface area contributed by atoms with Gasteiger partial charge in [-0.3, -0.25) is 4.79 Å². The zero-order chi connectivity index (χ0) is 23.2. The second-order valence-corrected chi connectivity index (χ2v) is 9.99. The molecule has 0 saturated heterocycles. The topological polar surface area (TPSA) is 98.9 Å². The molecule has 2 aromatic rings. The van der Waals surface area contributed by atoms with Crippen molar-refractivity contribution in [3.8, 4) is 5.75 Å². The highest BCUT2D eigenvalue weighted by atomic mass is 16.7. The molecule has 0 radical (unpaired) electrons. The second kappa shape index (κ2) is 8.26. The number of esters is 2. The van der Waals surface area contributed by atoms with Gasteiger partial charge in [0.1, 0.15) is 5.75 Å². The molecule has 6 heteroatoms. The molecule has 33 heavy (non-hydrogen) atoms. The summed E-state index contributed by atoms with van der Waals surface area (Å²) in [5.74, 6) is -0.642. The van der Waals surface area contributed by atoms with Crippen LogP contribution in [-0.2, 0) is 16.0 Å². The monoisotopic (exact) mass is 449 g/mol. The van der Waals surface area contributed by atoms with E-state index in [-0.39, 0.29) is 18.4 Å². The summed E-state index contributed by atoms with van der Waals surface area (Å²) in [5.41, 5.74) is 8.07. The first-order valence-corrected chi connectivity index (χ1v) is 11.9. The quantitative estimate of drug-likeness (QED) is 0.417. The summed E-state index contributed by atoms with van der Waals surface area (Å²) in [4.78, 5) is 24.3. The first-order chi connectivity index (χ1) is 15.8. The van der Waals surface area contributed by atoms with Crippen molar-refractivity contribution in [1.82, 2.24) is 0 Å². The zero-order valence-corrected chi connectivity index (χ0v) is 19.0. The maximum atomic E-state index is 12.4. The summed E-state index contributed by atoms with van der Waals surface area (Å²) in [7, 11) is 0. The van der Waals surface area contributed by atoms with E-state index in [1.807, 2.05) is 30.3 Å². The molecule has 0 aliphatic heterocycles. The predicted molar refractivity (Wildman–Crippen MR) is 123 cm³/mol. The Kier molecular flexibility index (Phi) is 5.53. The van der Waals surface area contributed by atoms with Crippen molar-refractivity contribution >= 4 is 11.9 Å². The highest BCUT2D eigenvalue weighted by Crippen LogP contribution is 2.64. The van der Waals surface area contributed by atoms with Crippen molar-refractivity contribution < 1.29 is 24.2 Å². The lowest BCUT2D eigenvalue weighted by Crippen LogP contribution is -2.53. The Morgan fingerprint density at radius 1 is 1.09 bits per heavy atom. The van der Waals surface area contributed by atoms with E-state index >= 15 is 0 Å². The molecule has 0 spiro atoms. The number of fused-ring (bicyclic) bond motifs is 5. The van der Waals surface area contributed by atoms with Crippen LogP contribution in [0.25, 0.3) is 0 Å². The molecule has 0 heterocycles. The minimum atomic E-state index is -1.44. The lowest BCUT2D eigenvalue weighted by molar-refractivity contribution is -0.259. The van der Waals surface area contributed by atoms with Crippen molar-refractivity contribution in [1.29, 1.82) is 0 Å². The number of carbonyl (C=O) groups excluding carboxylic acids is 2. The van der Waals surface area contributed by atoms with E-state index in [9.17, 15) is 14.7 Å². The van der Waals surface area contributed by atoms with Gasteiger partial charge in [-0.15, -0.1) is 0 Å². The van der Waals surface area contributed by atoms with Crippen LogP contribution in [0.1, 0.15) is 66.4 Å². The Hall–Kier alpha value is -2.70. The number of aliphatic hydroxyl groups is 1. The Balaban J connectivity index is 1.35. The normalized spacial score (nSPS) is 32.3. The molecule has 3 aliphatic rings. The van der Waals surface area contributed by atoms with Crippen LogP contribution in [0.4, 0.5) is 0 Å². The number of benzene rings is 2. The molecule has 2 aromatic carbocycles. The number of hydrogen-bond acceptors (Lipinski definition) is 6. The number of carbonyl (C=O) groups is 2. The van der Waals surface area contributed by atoms with Crippen LogP contribution in [0.2, 0.25) is 0 Å². The van der Waals surface area contributed by atoms with Crippen molar-refractivity contribution in [2.45, 2.75) is 57.2 Å². The van der Waals surface area contributed by atoms with E-state index in [2.05, 4.69) is 13.0 Å². The summed E-state index contributed by atoms with van der Waals surface area (Å²) in [5, 5.41) is 11.3. The maximum absolute atomic E-state index is 12.4. The number of hydrogen-bond donors (Lipinski definition) is 2. The van der Waals surface area contributed by atoms with Crippen molar-refractivity contribution in [3.05, 3.63) is 65.2 Å². The number of aryl methyl sites for hydroxylation is 1. The van der Waals surface area contributed by atoms with Gasteiger partial charge in [-0.05, 0) is 85.3 Å². The molecule has 0 bridgehead atoms. The first-order valence-electron chi connectivity index (χ1n) is 11.9. The third-order valence-corrected chi connectivity index (χ3v) is 8.44. The van der Waals surface area contributed by atoms with E-state index < -0.39 is 17.2 Å². The average Bonchev–Trinajstić information content (AvgIpc) is 3.09. The van der Waals surface area contributed by atoms with Crippen LogP contribution in [0.15, 0.2) is 48.5 Å². The minimum Gasteiger partial charge on any atom is -0.432 e. The maximum Gasteiger partial charge on any atom is 0.343 e. The molecule has 6 nitrogen and oxygen atoms in total. The molecule has 5 atom stereocenters. The van der Waals surface area contributed by atoms with Gasteiger partial charge in [0.25, 0.3) is 0 Å². The van der Waals surface area contributed by atoms with Crippen molar-refractivity contribution in [2.75, 3.05) is 6.54 Å². The predicted octanol–water partition coefficient (Wildman–Crippen LogP) is 3.95. The van der Waals surface area contributed by atoms with Gasteiger partial charge >= 0.3 is 11.9 Å². The number of rotatable bonds is 4. The molecule has 0 aromatic heterocycles.